The van der Waals surface area contributed by atoms with Crippen LogP contribution in [0.2, 0.25) is 10.0 Å². The Bertz CT molecular complexity index is 534. The molecule has 0 heterocycles. The number of anilines is 1. The second-order valence-electron chi connectivity index (χ2n) is 3.19. The van der Waals surface area contributed by atoms with Gasteiger partial charge in [0.25, 0.3) is 5.91 Å². The zero-order valence-corrected chi connectivity index (χ0v) is 11.2. The van der Waals surface area contributed by atoms with Crippen molar-refractivity contribution < 1.29 is 13.2 Å². The summed E-state index contributed by atoms with van der Waals surface area (Å²) in [4.78, 5) is 11.6. The van der Waals surface area contributed by atoms with Gasteiger partial charge in [-0.15, -0.1) is 0 Å². The monoisotopic (exact) mass is 296 g/mol. The summed E-state index contributed by atoms with van der Waals surface area (Å²) in [5.74, 6) is -0.995. The summed E-state index contributed by atoms with van der Waals surface area (Å²) >= 11 is 11.5. The normalized spacial score (nSPS) is 11.2. The topological polar surface area (TPSA) is 89.3 Å². The van der Waals surface area contributed by atoms with Gasteiger partial charge in [0, 0.05) is 5.56 Å². The van der Waals surface area contributed by atoms with Crippen molar-refractivity contribution in [2.75, 3.05) is 11.5 Å². The number of carbonyl (C=O) groups is 1. The van der Waals surface area contributed by atoms with Crippen LogP contribution in [0.5, 0.6) is 0 Å². The number of hydrogen-bond donors (Lipinski definition) is 2. The van der Waals surface area contributed by atoms with Crippen LogP contribution in [0.25, 0.3) is 0 Å². The van der Waals surface area contributed by atoms with Crippen molar-refractivity contribution >= 4 is 44.8 Å². The maximum atomic E-state index is 11.6. The second-order valence-corrected chi connectivity index (χ2v) is 6.01. The summed E-state index contributed by atoms with van der Waals surface area (Å²) in [6, 6.07) is 2.51. The number of hydrogen-bond acceptors (Lipinski definition) is 4. The Labute approximate surface area is 109 Å². The number of nitrogen functional groups attached to an aromatic ring is 1. The molecule has 0 saturated carbocycles. The Morgan fingerprint density at radius 1 is 1.35 bits per heavy atom. The molecule has 0 aliphatic heterocycles. The van der Waals surface area contributed by atoms with Crippen molar-refractivity contribution in [3.8, 4) is 0 Å². The predicted molar refractivity (Wildman–Crippen MR) is 67.8 cm³/mol. The lowest BCUT2D eigenvalue weighted by molar-refractivity contribution is 0.0981. The molecule has 0 saturated heterocycles. The van der Waals surface area contributed by atoms with E-state index in [1.807, 2.05) is 4.72 Å². The summed E-state index contributed by atoms with van der Waals surface area (Å²) in [5, 5.41) is 0.188. The van der Waals surface area contributed by atoms with Crippen LogP contribution in [0.1, 0.15) is 17.3 Å². The Hall–Kier alpha value is -0.980. The number of nitrogens with one attached hydrogen (secondary N) is 1. The van der Waals surface area contributed by atoms with Gasteiger partial charge in [-0.05, 0) is 19.1 Å². The first-order valence-electron chi connectivity index (χ1n) is 4.56. The Morgan fingerprint density at radius 2 is 1.82 bits per heavy atom. The zero-order chi connectivity index (χ0) is 13.2. The number of halogens is 2. The van der Waals surface area contributed by atoms with E-state index < -0.39 is 15.9 Å². The van der Waals surface area contributed by atoms with E-state index in [2.05, 4.69) is 0 Å². The van der Waals surface area contributed by atoms with E-state index in [1.165, 1.54) is 19.1 Å². The van der Waals surface area contributed by atoms with Crippen LogP contribution in [0.3, 0.4) is 0 Å². The van der Waals surface area contributed by atoms with Gasteiger partial charge in [-0.1, -0.05) is 23.2 Å². The Kier molecular flexibility index (Phi) is 4.24. The lowest BCUT2D eigenvalue weighted by Gasteiger charge is -2.07. The van der Waals surface area contributed by atoms with Crippen LogP contribution in [0.15, 0.2) is 12.1 Å². The summed E-state index contributed by atoms with van der Waals surface area (Å²) in [7, 11) is -3.62. The highest BCUT2D eigenvalue weighted by Gasteiger charge is 2.16. The van der Waals surface area contributed by atoms with E-state index in [0.717, 1.165) is 0 Å². The van der Waals surface area contributed by atoms with Gasteiger partial charge in [-0.25, -0.2) is 13.1 Å². The largest absolute Gasteiger partial charge is 0.396 e. The third kappa shape index (κ3) is 3.49. The quantitative estimate of drug-likeness (QED) is 0.830. The fraction of sp³-hybridized carbons (Fsp3) is 0.222. The van der Waals surface area contributed by atoms with E-state index in [1.54, 1.807) is 0 Å². The van der Waals surface area contributed by atoms with Crippen molar-refractivity contribution in [1.29, 1.82) is 0 Å². The molecule has 5 nitrogen and oxygen atoms in total. The van der Waals surface area contributed by atoms with Gasteiger partial charge in [0.15, 0.2) is 0 Å². The molecular formula is C9H10Cl2N2O3S. The second kappa shape index (κ2) is 5.12. The van der Waals surface area contributed by atoms with Crippen LogP contribution in [-0.4, -0.2) is 20.1 Å². The standard InChI is InChI=1S/C9H10Cl2N2O3S/c1-2-17(15,16)13-9(14)5-3-6(10)8(12)7(11)4-5/h3-4H,2,12H2,1H3,(H,13,14). The van der Waals surface area contributed by atoms with Gasteiger partial charge < -0.3 is 5.73 Å². The Balaban J connectivity index is 3.07. The fourth-order valence-corrected chi connectivity index (χ4v) is 2.02. The van der Waals surface area contributed by atoms with Crippen molar-refractivity contribution in [3.63, 3.8) is 0 Å². The first kappa shape index (κ1) is 14.1. The molecule has 3 N–H and O–H groups in total. The number of rotatable bonds is 3. The molecule has 17 heavy (non-hydrogen) atoms. The third-order valence-corrected chi connectivity index (χ3v) is 3.85. The molecule has 94 valence electrons. The molecule has 1 rings (SSSR count). The molecule has 0 aliphatic rings. The number of nitrogens with two attached hydrogens (primary N) is 1. The van der Waals surface area contributed by atoms with E-state index in [4.69, 9.17) is 28.9 Å². The highest BCUT2D eigenvalue weighted by Crippen LogP contribution is 2.28. The van der Waals surface area contributed by atoms with E-state index >= 15 is 0 Å². The number of amides is 1. The lowest BCUT2D eigenvalue weighted by atomic mass is 10.2. The summed E-state index contributed by atoms with van der Waals surface area (Å²) in [6.45, 7) is 1.42. The molecule has 0 atom stereocenters. The molecule has 0 aliphatic carbocycles. The van der Waals surface area contributed by atoms with E-state index in [-0.39, 0.29) is 27.0 Å². The van der Waals surface area contributed by atoms with Gasteiger partial charge in [0.1, 0.15) is 0 Å². The number of sulfonamides is 1. The summed E-state index contributed by atoms with van der Waals surface area (Å²) in [5.41, 5.74) is 5.67. The lowest BCUT2D eigenvalue weighted by Crippen LogP contribution is -2.31. The number of benzene rings is 1. The average Bonchev–Trinajstić information content (AvgIpc) is 2.24. The minimum Gasteiger partial charge on any atom is -0.396 e. The molecule has 1 amide bonds. The minimum absolute atomic E-state index is 0.0335. The molecule has 0 unspecified atom stereocenters. The molecule has 0 spiro atoms. The van der Waals surface area contributed by atoms with Gasteiger partial charge in [-0.3, -0.25) is 4.79 Å². The van der Waals surface area contributed by atoms with E-state index in [0.29, 0.717) is 0 Å². The molecule has 0 fully saturated rings. The van der Waals surface area contributed by atoms with Crippen molar-refractivity contribution in [1.82, 2.24) is 4.72 Å². The van der Waals surface area contributed by atoms with Crippen molar-refractivity contribution in [3.05, 3.63) is 27.7 Å². The van der Waals surface area contributed by atoms with Crippen LogP contribution in [0.4, 0.5) is 5.69 Å². The zero-order valence-electron chi connectivity index (χ0n) is 8.83. The summed E-state index contributed by atoms with van der Waals surface area (Å²) < 4.78 is 24.3. The summed E-state index contributed by atoms with van der Waals surface area (Å²) in [6.07, 6.45) is 0. The van der Waals surface area contributed by atoms with Crippen LogP contribution >= 0.6 is 23.2 Å². The average molecular weight is 297 g/mol. The minimum atomic E-state index is -3.62. The number of carbonyl (C=O) groups excluding carboxylic acids is 1. The maximum Gasteiger partial charge on any atom is 0.264 e. The van der Waals surface area contributed by atoms with Crippen LogP contribution < -0.4 is 10.5 Å². The molecular weight excluding hydrogens is 287 g/mol. The first-order chi connectivity index (χ1) is 7.76. The fourth-order valence-electron chi connectivity index (χ4n) is 0.988. The molecule has 1 aromatic rings. The Morgan fingerprint density at radius 3 is 2.24 bits per heavy atom. The van der Waals surface area contributed by atoms with Gasteiger partial charge in [0.2, 0.25) is 10.0 Å². The molecule has 1 aromatic carbocycles. The highest BCUT2D eigenvalue weighted by atomic mass is 35.5. The first-order valence-corrected chi connectivity index (χ1v) is 6.97. The maximum absolute atomic E-state index is 11.6. The molecule has 0 aromatic heterocycles. The van der Waals surface area contributed by atoms with Crippen molar-refractivity contribution in [2.24, 2.45) is 0 Å². The van der Waals surface area contributed by atoms with Crippen LogP contribution in [-0.2, 0) is 10.0 Å². The molecule has 0 bridgehead atoms. The highest BCUT2D eigenvalue weighted by molar-refractivity contribution is 7.90. The van der Waals surface area contributed by atoms with Crippen LogP contribution in [0, 0.1) is 0 Å². The SMILES string of the molecule is CCS(=O)(=O)NC(=O)c1cc(Cl)c(N)c(Cl)c1. The predicted octanol–water partition coefficient (Wildman–Crippen LogP) is 1.66. The molecule has 8 heteroatoms. The smallest absolute Gasteiger partial charge is 0.264 e. The van der Waals surface area contributed by atoms with Gasteiger partial charge in [-0.2, -0.15) is 0 Å². The third-order valence-electron chi connectivity index (χ3n) is 1.97. The van der Waals surface area contributed by atoms with Gasteiger partial charge >= 0.3 is 0 Å². The van der Waals surface area contributed by atoms with E-state index in [9.17, 15) is 13.2 Å². The van der Waals surface area contributed by atoms with Crippen molar-refractivity contribution in [2.45, 2.75) is 6.92 Å². The van der Waals surface area contributed by atoms with Gasteiger partial charge in [0.05, 0.1) is 21.5 Å². The molecule has 0 radical (unpaired) electrons.